The van der Waals surface area contributed by atoms with Crippen molar-refractivity contribution in [3.63, 3.8) is 0 Å². The first-order valence-electron chi connectivity index (χ1n) is 10.4. The molecule has 0 unspecified atom stereocenters. The largest absolute Gasteiger partial charge is 0.493 e. The molecule has 2 N–H and O–H groups in total. The van der Waals surface area contributed by atoms with Gasteiger partial charge in [-0.05, 0) is 62.4 Å². The summed E-state index contributed by atoms with van der Waals surface area (Å²) in [4.78, 5) is 16.9. The van der Waals surface area contributed by atoms with Gasteiger partial charge in [-0.25, -0.2) is 9.78 Å². The number of aryl methyl sites for hydroxylation is 2. The lowest BCUT2D eigenvalue weighted by molar-refractivity contribution is 0.262. The zero-order valence-corrected chi connectivity index (χ0v) is 18.9. The Hall–Kier alpha value is -4.26. The number of nitrogens with one attached hydrogen (secondary N) is 2. The molecule has 0 bridgehead atoms. The number of ether oxygens (including phenoxy) is 3. The predicted octanol–water partition coefficient (Wildman–Crippen LogP) is 6.31. The summed E-state index contributed by atoms with van der Waals surface area (Å²) in [7, 11) is 3.19. The van der Waals surface area contributed by atoms with Gasteiger partial charge < -0.3 is 24.8 Å². The first-order valence-corrected chi connectivity index (χ1v) is 10.4. The molecular weight excluding hydrogens is 418 g/mol. The summed E-state index contributed by atoms with van der Waals surface area (Å²) in [6, 6.07) is 20.1. The third-order valence-electron chi connectivity index (χ3n) is 5.11. The Morgan fingerprint density at radius 1 is 0.758 bits per heavy atom. The highest BCUT2D eigenvalue weighted by Crippen LogP contribution is 2.35. The summed E-state index contributed by atoms with van der Waals surface area (Å²) in [5, 5.41) is 6.49. The van der Waals surface area contributed by atoms with E-state index in [4.69, 9.17) is 14.2 Å². The van der Waals surface area contributed by atoms with Gasteiger partial charge in [-0.15, -0.1) is 0 Å². The fourth-order valence-electron chi connectivity index (χ4n) is 3.34. The summed E-state index contributed by atoms with van der Waals surface area (Å²) < 4.78 is 16.8. The maximum absolute atomic E-state index is 12.2. The molecule has 2 amide bonds. The first-order chi connectivity index (χ1) is 15.9. The van der Waals surface area contributed by atoms with Crippen LogP contribution < -0.4 is 24.8 Å². The van der Waals surface area contributed by atoms with Crippen LogP contribution in [0.2, 0.25) is 0 Å². The van der Waals surface area contributed by atoms with Crippen LogP contribution >= 0.6 is 0 Å². The summed E-state index contributed by atoms with van der Waals surface area (Å²) in [6.45, 7) is 3.88. The molecule has 0 fully saturated rings. The van der Waals surface area contributed by atoms with Crippen molar-refractivity contribution in [2.24, 2.45) is 0 Å². The number of urea groups is 1. The second kappa shape index (κ2) is 9.48. The standard InChI is InChI=1S/C26H25N3O4/c1-16-5-7-19(8-6-16)28-26(30)29-20-9-11-21(12-10-20)33-23-13-18-14-24(31-3)25(32-4)15-22(18)27-17(23)2/h5-15H,1-4H3,(H2,28,29,30). The third kappa shape index (κ3) is 5.15. The molecule has 1 aromatic heterocycles. The van der Waals surface area contributed by atoms with E-state index in [0.717, 1.165) is 27.8 Å². The molecule has 7 heteroatoms. The Morgan fingerprint density at radius 3 is 1.91 bits per heavy atom. The maximum atomic E-state index is 12.2. The third-order valence-corrected chi connectivity index (χ3v) is 5.11. The van der Waals surface area contributed by atoms with Gasteiger partial charge in [0, 0.05) is 22.8 Å². The van der Waals surface area contributed by atoms with Gasteiger partial charge in [0.15, 0.2) is 11.5 Å². The lowest BCUT2D eigenvalue weighted by atomic mass is 10.1. The number of carbonyl (C=O) groups is 1. The topological polar surface area (TPSA) is 81.7 Å². The van der Waals surface area contributed by atoms with Crippen LogP contribution in [-0.4, -0.2) is 25.2 Å². The van der Waals surface area contributed by atoms with Crippen LogP contribution in [0.25, 0.3) is 10.9 Å². The van der Waals surface area contributed by atoms with Crippen LogP contribution in [0.5, 0.6) is 23.0 Å². The van der Waals surface area contributed by atoms with E-state index in [1.165, 1.54) is 0 Å². The molecule has 33 heavy (non-hydrogen) atoms. The van der Waals surface area contributed by atoms with Crippen LogP contribution in [0.4, 0.5) is 16.2 Å². The summed E-state index contributed by atoms with van der Waals surface area (Å²) in [5.41, 5.74) is 4.04. The van der Waals surface area contributed by atoms with E-state index >= 15 is 0 Å². The summed E-state index contributed by atoms with van der Waals surface area (Å²) in [6.07, 6.45) is 0. The van der Waals surface area contributed by atoms with E-state index in [1.807, 2.05) is 56.3 Å². The Bertz CT molecular complexity index is 1290. The van der Waals surface area contributed by atoms with E-state index < -0.39 is 0 Å². The Balaban J connectivity index is 1.46. The van der Waals surface area contributed by atoms with Gasteiger partial charge in [-0.1, -0.05) is 17.7 Å². The molecule has 1 heterocycles. The van der Waals surface area contributed by atoms with Crippen molar-refractivity contribution < 1.29 is 19.0 Å². The van der Waals surface area contributed by atoms with E-state index in [-0.39, 0.29) is 6.03 Å². The predicted molar refractivity (Wildman–Crippen MR) is 130 cm³/mol. The Morgan fingerprint density at radius 2 is 1.30 bits per heavy atom. The van der Waals surface area contributed by atoms with Crippen molar-refractivity contribution in [2.45, 2.75) is 13.8 Å². The maximum Gasteiger partial charge on any atom is 0.323 e. The molecule has 4 rings (SSSR count). The number of carbonyl (C=O) groups excluding carboxylic acids is 1. The fraction of sp³-hybridized carbons (Fsp3) is 0.154. The summed E-state index contributed by atoms with van der Waals surface area (Å²) >= 11 is 0. The molecule has 0 spiro atoms. The second-order valence-electron chi connectivity index (χ2n) is 7.54. The van der Waals surface area contributed by atoms with E-state index in [2.05, 4.69) is 15.6 Å². The number of amides is 2. The second-order valence-corrected chi connectivity index (χ2v) is 7.54. The number of hydrogen-bond donors (Lipinski definition) is 2. The molecule has 0 aliphatic rings. The van der Waals surface area contributed by atoms with E-state index in [9.17, 15) is 4.79 Å². The van der Waals surface area contributed by atoms with Crippen molar-refractivity contribution in [2.75, 3.05) is 24.9 Å². The SMILES string of the molecule is COc1cc2cc(Oc3ccc(NC(=O)Nc4ccc(C)cc4)cc3)c(C)nc2cc1OC. The minimum absolute atomic E-state index is 0.313. The molecule has 0 saturated carbocycles. The molecule has 0 aliphatic heterocycles. The molecule has 168 valence electrons. The highest BCUT2D eigenvalue weighted by atomic mass is 16.5. The lowest BCUT2D eigenvalue weighted by Crippen LogP contribution is -2.19. The molecule has 0 radical (unpaired) electrons. The van der Waals surface area contributed by atoms with Gasteiger partial charge in [0.25, 0.3) is 0 Å². The number of anilines is 2. The number of hydrogen-bond acceptors (Lipinski definition) is 5. The van der Waals surface area contributed by atoms with Gasteiger partial charge in [-0.2, -0.15) is 0 Å². The minimum atomic E-state index is -0.313. The summed E-state index contributed by atoms with van der Waals surface area (Å²) in [5.74, 6) is 2.51. The number of pyridine rings is 1. The van der Waals surface area contributed by atoms with Gasteiger partial charge in [0.1, 0.15) is 11.5 Å². The van der Waals surface area contributed by atoms with Gasteiger partial charge in [0.05, 0.1) is 25.4 Å². The number of fused-ring (bicyclic) bond motifs is 1. The molecule has 0 atom stereocenters. The number of methoxy groups -OCH3 is 2. The number of benzene rings is 3. The quantitative estimate of drug-likeness (QED) is 0.365. The normalized spacial score (nSPS) is 10.5. The highest BCUT2D eigenvalue weighted by molar-refractivity contribution is 5.99. The smallest absolute Gasteiger partial charge is 0.323 e. The lowest BCUT2D eigenvalue weighted by Gasteiger charge is -2.13. The van der Waals surface area contributed by atoms with Crippen LogP contribution in [0.3, 0.4) is 0 Å². The Kier molecular flexibility index (Phi) is 6.31. The number of nitrogens with zero attached hydrogens (tertiary/aromatic N) is 1. The highest BCUT2D eigenvalue weighted by Gasteiger charge is 2.11. The Labute approximate surface area is 192 Å². The molecule has 4 aromatic rings. The molecule has 3 aromatic carbocycles. The van der Waals surface area contributed by atoms with Gasteiger partial charge in [0.2, 0.25) is 0 Å². The zero-order valence-electron chi connectivity index (χ0n) is 18.9. The van der Waals surface area contributed by atoms with Crippen LogP contribution in [0.15, 0.2) is 66.7 Å². The molecule has 7 nitrogen and oxygen atoms in total. The van der Waals surface area contributed by atoms with Crippen molar-refractivity contribution >= 4 is 28.3 Å². The van der Waals surface area contributed by atoms with Crippen molar-refractivity contribution in [3.05, 3.63) is 78.0 Å². The average Bonchev–Trinajstić information content (AvgIpc) is 2.81. The van der Waals surface area contributed by atoms with Crippen molar-refractivity contribution in [3.8, 4) is 23.0 Å². The molecule has 0 aliphatic carbocycles. The monoisotopic (exact) mass is 443 g/mol. The van der Waals surface area contributed by atoms with E-state index in [0.29, 0.717) is 28.7 Å². The van der Waals surface area contributed by atoms with E-state index in [1.54, 1.807) is 38.5 Å². The van der Waals surface area contributed by atoms with Crippen LogP contribution in [-0.2, 0) is 0 Å². The van der Waals surface area contributed by atoms with Crippen LogP contribution in [0, 0.1) is 13.8 Å². The van der Waals surface area contributed by atoms with Crippen LogP contribution in [0.1, 0.15) is 11.3 Å². The van der Waals surface area contributed by atoms with Crippen molar-refractivity contribution in [1.29, 1.82) is 0 Å². The average molecular weight is 444 g/mol. The fourth-order valence-corrected chi connectivity index (χ4v) is 3.34. The van der Waals surface area contributed by atoms with Crippen molar-refractivity contribution in [1.82, 2.24) is 4.98 Å². The molecule has 0 saturated heterocycles. The van der Waals surface area contributed by atoms with Gasteiger partial charge >= 0.3 is 6.03 Å². The number of aromatic nitrogens is 1. The zero-order chi connectivity index (χ0) is 23.4. The number of rotatable bonds is 6. The first kappa shape index (κ1) is 22.0. The van der Waals surface area contributed by atoms with Gasteiger partial charge in [-0.3, -0.25) is 0 Å². The minimum Gasteiger partial charge on any atom is -0.493 e. The molecular formula is C26H25N3O4.